The van der Waals surface area contributed by atoms with Crippen molar-refractivity contribution in [2.75, 3.05) is 40.1 Å². The largest absolute Gasteiger partial charge is 0.409 e. The Morgan fingerprint density at radius 1 is 1.05 bits per heavy atom. The third-order valence-corrected chi connectivity index (χ3v) is 2.90. The predicted molar refractivity (Wildman–Crippen MR) is 74.6 cm³/mol. The summed E-state index contributed by atoms with van der Waals surface area (Å²) in [4.78, 5) is 0. The average molecular weight is 276 g/mol. The zero-order valence-electron chi connectivity index (χ0n) is 12.4. The molecule has 0 aliphatic heterocycles. The quantitative estimate of drug-likeness (QED) is 0.186. The van der Waals surface area contributed by atoms with E-state index in [0.717, 1.165) is 19.3 Å². The summed E-state index contributed by atoms with van der Waals surface area (Å²) in [5, 5.41) is 11.7. The normalized spacial score (nSPS) is 12.9. The van der Waals surface area contributed by atoms with Gasteiger partial charge in [-0.3, -0.25) is 0 Å². The molecule has 6 nitrogen and oxygen atoms in total. The van der Waals surface area contributed by atoms with Gasteiger partial charge in [-0.1, -0.05) is 19.0 Å². The molecule has 0 aromatic carbocycles. The highest BCUT2D eigenvalue weighted by Crippen LogP contribution is 2.22. The third-order valence-electron chi connectivity index (χ3n) is 2.90. The van der Waals surface area contributed by atoms with Gasteiger partial charge in [0, 0.05) is 32.3 Å². The first-order valence-corrected chi connectivity index (χ1v) is 6.67. The van der Waals surface area contributed by atoms with Gasteiger partial charge in [0.2, 0.25) is 0 Å². The highest BCUT2D eigenvalue weighted by Gasteiger charge is 2.22. The van der Waals surface area contributed by atoms with E-state index in [4.69, 9.17) is 25.2 Å². The van der Waals surface area contributed by atoms with Crippen molar-refractivity contribution in [3.63, 3.8) is 0 Å². The van der Waals surface area contributed by atoms with Crippen molar-refractivity contribution >= 4 is 5.84 Å². The van der Waals surface area contributed by atoms with Gasteiger partial charge in [0.15, 0.2) is 0 Å². The fourth-order valence-electron chi connectivity index (χ4n) is 1.49. The van der Waals surface area contributed by atoms with Gasteiger partial charge < -0.3 is 25.2 Å². The molecule has 6 heteroatoms. The van der Waals surface area contributed by atoms with Crippen molar-refractivity contribution in [3.8, 4) is 0 Å². The van der Waals surface area contributed by atoms with Gasteiger partial charge >= 0.3 is 0 Å². The van der Waals surface area contributed by atoms with Crippen molar-refractivity contribution in [2.24, 2.45) is 16.3 Å². The van der Waals surface area contributed by atoms with Crippen molar-refractivity contribution < 1.29 is 19.4 Å². The first kappa shape index (κ1) is 18.1. The molecule has 0 rings (SSSR count). The highest BCUT2D eigenvalue weighted by atomic mass is 16.5. The Morgan fingerprint density at radius 2 is 1.63 bits per heavy atom. The lowest BCUT2D eigenvalue weighted by molar-refractivity contribution is 0.0502. The molecule has 0 bridgehead atoms. The van der Waals surface area contributed by atoms with Crippen LogP contribution in [0.25, 0.3) is 0 Å². The van der Waals surface area contributed by atoms with Gasteiger partial charge in [-0.05, 0) is 19.3 Å². The van der Waals surface area contributed by atoms with E-state index < -0.39 is 0 Å². The first-order chi connectivity index (χ1) is 9.04. The molecule has 0 aliphatic rings. The lowest BCUT2D eigenvalue weighted by Crippen LogP contribution is -2.32. The van der Waals surface area contributed by atoms with Crippen molar-refractivity contribution in [3.05, 3.63) is 0 Å². The maximum absolute atomic E-state index is 8.64. The Hall–Kier alpha value is -0.850. The van der Waals surface area contributed by atoms with E-state index in [1.165, 1.54) is 0 Å². The second-order valence-corrected chi connectivity index (χ2v) is 5.04. The molecule has 0 fully saturated rings. The van der Waals surface area contributed by atoms with Gasteiger partial charge in [0.1, 0.15) is 5.84 Å². The van der Waals surface area contributed by atoms with Gasteiger partial charge in [0.25, 0.3) is 0 Å². The van der Waals surface area contributed by atoms with Gasteiger partial charge in [-0.15, -0.1) is 0 Å². The highest BCUT2D eigenvalue weighted by molar-refractivity contribution is 5.85. The Morgan fingerprint density at radius 3 is 2.21 bits per heavy atom. The van der Waals surface area contributed by atoms with Crippen LogP contribution in [0.1, 0.15) is 33.1 Å². The van der Waals surface area contributed by atoms with Gasteiger partial charge in [-0.2, -0.15) is 0 Å². The monoisotopic (exact) mass is 276 g/mol. The molecule has 0 aliphatic carbocycles. The molecule has 0 amide bonds. The fraction of sp³-hybridized carbons (Fsp3) is 0.923. The fourth-order valence-corrected chi connectivity index (χ4v) is 1.49. The van der Waals surface area contributed by atoms with E-state index in [1.807, 2.05) is 13.8 Å². The Kier molecular flexibility index (Phi) is 10.5. The SMILES string of the molecule is COCCOCCCOCCCC(C)(C)C(N)=NO. The minimum atomic E-state index is -0.290. The predicted octanol–water partition coefficient (Wildman–Crippen LogP) is 1.61. The maximum Gasteiger partial charge on any atom is 0.144 e. The summed E-state index contributed by atoms with van der Waals surface area (Å²) >= 11 is 0. The molecular weight excluding hydrogens is 248 g/mol. The lowest BCUT2D eigenvalue weighted by Gasteiger charge is -2.22. The summed E-state index contributed by atoms with van der Waals surface area (Å²) in [6, 6.07) is 0. The first-order valence-electron chi connectivity index (χ1n) is 6.67. The van der Waals surface area contributed by atoms with Crippen LogP contribution in [0.3, 0.4) is 0 Å². The zero-order valence-corrected chi connectivity index (χ0v) is 12.4. The Balaban J connectivity index is 3.36. The number of hydrogen-bond donors (Lipinski definition) is 2. The molecular formula is C13H28N2O4. The molecule has 0 saturated carbocycles. The number of rotatable bonds is 12. The van der Waals surface area contributed by atoms with Crippen LogP contribution >= 0.6 is 0 Å². The van der Waals surface area contributed by atoms with Gasteiger partial charge in [-0.25, -0.2) is 0 Å². The molecule has 0 atom stereocenters. The molecule has 0 saturated heterocycles. The summed E-state index contributed by atoms with van der Waals surface area (Å²) in [7, 11) is 1.65. The van der Waals surface area contributed by atoms with E-state index in [2.05, 4.69) is 5.16 Å². The minimum absolute atomic E-state index is 0.263. The lowest BCUT2D eigenvalue weighted by atomic mass is 9.87. The van der Waals surface area contributed by atoms with E-state index in [1.54, 1.807) is 7.11 Å². The standard InChI is InChI=1S/C13H28N2O4/c1-13(2,12(14)15-16)6-4-7-18-8-5-9-19-11-10-17-3/h16H,4-11H2,1-3H3,(H2,14,15). The molecule has 0 radical (unpaired) electrons. The molecule has 0 aromatic heterocycles. The Labute approximate surface area is 115 Å². The summed E-state index contributed by atoms with van der Waals surface area (Å²) in [6.45, 7) is 7.22. The number of amidine groups is 1. The molecule has 0 spiro atoms. The number of hydrogen-bond acceptors (Lipinski definition) is 5. The summed E-state index contributed by atoms with van der Waals surface area (Å²) in [5.74, 6) is 0.263. The average Bonchev–Trinajstić information content (AvgIpc) is 2.39. The molecule has 3 N–H and O–H groups in total. The molecule has 19 heavy (non-hydrogen) atoms. The van der Waals surface area contributed by atoms with E-state index in [-0.39, 0.29) is 11.3 Å². The Bertz CT molecular complexity index is 245. The van der Waals surface area contributed by atoms with Crippen LogP contribution in [0, 0.1) is 5.41 Å². The molecule has 0 aromatic rings. The summed E-state index contributed by atoms with van der Waals surface area (Å²) < 4.78 is 15.7. The van der Waals surface area contributed by atoms with Crippen LogP contribution in [-0.4, -0.2) is 51.2 Å². The van der Waals surface area contributed by atoms with Crippen molar-refractivity contribution in [1.82, 2.24) is 0 Å². The zero-order chi connectivity index (χ0) is 14.6. The number of nitrogens with two attached hydrogens (primary N) is 1. The number of oxime groups is 1. The van der Waals surface area contributed by atoms with Crippen LogP contribution in [0.15, 0.2) is 5.16 Å². The van der Waals surface area contributed by atoms with Crippen LogP contribution in [0.5, 0.6) is 0 Å². The molecule has 0 unspecified atom stereocenters. The molecule has 114 valence electrons. The smallest absolute Gasteiger partial charge is 0.144 e. The second-order valence-electron chi connectivity index (χ2n) is 5.04. The maximum atomic E-state index is 8.64. The number of nitrogens with zero attached hydrogens (tertiary/aromatic N) is 1. The second kappa shape index (κ2) is 11.0. The van der Waals surface area contributed by atoms with Crippen molar-refractivity contribution in [2.45, 2.75) is 33.1 Å². The minimum Gasteiger partial charge on any atom is -0.409 e. The third kappa shape index (κ3) is 9.69. The van der Waals surface area contributed by atoms with E-state index in [9.17, 15) is 0 Å². The summed E-state index contributed by atoms with van der Waals surface area (Å²) in [5.41, 5.74) is 5.31. The summed E-state index contributed by atoms with van der Waals surface area (Å²) in [6.07, 6.45) is 2.59. The number of methoxy groups -OCH3 is 1. The topological polar surface area (TPSA) is 86.3 Å². The number of ether oxygens (including phenoxy) is 3. The van der Waals surface area contributed by atoms with Crippen LogP contribution in [0.2, 0.25) is 0 Å². The van der Waals surface area contributed by atoms with Crippen LogP contribution in [0.4, 0.5) is 0 Å². The van der Waals surface area contributed by atoms with Gasteiger partial charge in [0.05, 0.1) is 13.2 Å². The van der Waals surface area contributed by atoms with E-state index >= 15 is 0 Å². The van der Waals surface area contributed by atoms with Crippen LogP contribution < -0.4 is 5.73 Å². The van der Waals surface area contributed by atoms with Crippen LogP contribution in [-0.2, 0) is 14.2 Å². The molecule has 0 heterocycles. The van der Waals surface area contributed by atoms with E-state index in [0.29, 0.717) is 33.0 Å². The van der Waals surface area contributed by atoms with Crippen molar-refractivity contribution in [1.29, 1.82) is 0 Å².